The highest BCUT2D eigenvalue weighted by molar-refractivity contribution is 7.89. The molecule has 0 bridgehead atoms. The van der Waals surface area contributed by atoms with Gasteiger partial charge in [0.2, 0.25) is 0 Å². The zero-order chi connectivity index (χ0) is 31.9. The fourth-order valence-electron chi connectivity index (χ4n) is 4.01. The van der Waals surface area contributed by atoms with Crippen molar-refractivity contribution in [3.8, 4) is 0 Å². The molecule has 1 aliphatic rings. The predicted molar refractivity (Wildman–Crippen MR) is 162 cm³/mol. The molecule has 1 saturated heterocycles. The first-order valence-corrected chi connectivity index (χ1v) is 15.2. The number of carbonyl (C=O) groups excluding carboxylic acids is 2. The van der Waals surface area contributed by atoms with Crippen LogP contribution in [0.25, 0.3) is 0 Å². The van der Waals surface area contributed by atoms with Crippen LogP contribution in [0.2, 0.25) is 0 Å². The first-order valence-electron chi connectivity index (χ1n) is 13.8. The van der Waals surface area contributed by atoms with Gasteiger partial charge < -0.3 is 18.8 Å². The first-order chi connectivity index (χ1) is 19.0. The van der Waals surface area contributed by atoms with Crippen LogP contribution >= 0.6 is 0 Å². The largest absolute Gasteiger partial charge is 0.497 e. The number of carbonyl (C=O) groups is 2. The summed E-state index contributed by atoms with van der Waals surface area (Å²) in [5.74, 6) is 0. The molecule has 10 nitrogen and oxygen atoms in total. The van der Waals surface area contributed by atoms with Crippen molar-refractivity contribution >= 4 is 40.5 Å². The van der Waals surface area contributed by atoms with Gasteiger partial charge in [0.05, 0.1) is 22.6 Å². The van der Waals surface area contributed by atoms with Gasteiger partial charge in [-0.2, -0.15) is 0 Å². The van der Waals surface area contributed by atoms with Crippen LogP contribution in [-0.4, -0.2) is 61.5 Å². The van der Waals surface area contributed by atoms with Gasteiger partial charge in [-0.15, -0.1) is 0 Å². The van der Waals surface area contributed by atoms with E-state index in [1.165, 1.54) is 23.1 Å². The molecular weight excluding hydrogens is 559 g/mol. The fraction of sp³-hybridized carbons (Fsp3) is 0.533. The molecule has 42 heavy (non-hydrogen) atoms. The minimum absolute atomic E-state index is 0.131. The number of rotatable bonds is 6. The topological polar surface area (TPSA) is 112 Å². The van der Waals surface area contributed by atoms with Crippen LogP contribution in [0.1, 0.15) is 74.8 Å². The lowest BCUT2D eigenvalue weighted by molar-refractivity contribution is 0.00578. The average Bonchev–Trinajstić information content (AvgIpc) is 3.06. The zero-order valence-corrected chi connectivity index (χ0v) is 27.3. The summed E-state index contributed by atoms with van der Waals surface area (Å²) in [7, 11) is -4.26. The normalized spacial score (nSPS) is 16.6. The minimum Gasteiger partial charge on any atom is -0.443 e. The third kappa shape index (κ3) is 7.65. The van der Waals surface area contributed by atoms with Crippen molar-refractivity contribution in [3.63, 3.8) is 0 Å². The second-order valence-electron chi connectivity index (χ2n) is 13.3. The number of amides is 2. The predicted octanol–water partition coefficient (Wildman–Crippen LogP) is 5.48. The van der Waals surface area contributed by atoms with Gasteiger partial charge in [-0.05, 0) is 93.0 Å². The molecular formula is C30H43BN2O8S. The average molecular weight is 603 g/mol. The fourth-order valence-corrected chi connectivity index (χ4v) is 5.08. The third-order valence-corrected chi connectivity index (χ3v) is 8.62. The summed E-state index contributed by atoms with van der Waals surface area (Å²) in [6, 6.07) is 13.6. The molecule has 2 aromatic carbocycles. The Morgan fingerprint density at radius 1 is 0.833 bits per heavy atom. The molecule has 1 aliphatic heterocycles. The molecule has 0 atom stereocenters. The molecule has 0 saturated carbocycles. The minimum atomic E-state index is -4.36. The van der Waals surface area contributed by atoms with Gasteiger partial charge in [-0.25, -0.2) is 22.3 Å². The lowest BCUT2D eigenvalue weighted by Gasteiger charge is -2.32. The van der Waals surface area contributed by atoms with Gasteiger partial charge in [-0.1, -0.05) is 30.3 Å². The maximum atomic E-state index is 13.6. The van der Waals surface area contributed by atoms with E-state index in [4.69, 9.17) is 18.8 Å². The summed E-state index contributed by atoms with van der Waals surface area (Å²) < 4.78 is 51.4. The highest BCUT2D eigenvalue weighted by Gasteiger charge is 2.53. The zero-order valence-electron chi connectivity index (χ0n) is 26.5. The van der Waals surface area contributed by atoms with E-state index in [-0.39, 0.29) is 16.9 Å². The van der Waals surface area contributed by atoms with Crippen LogP contribution in [0.5, 0.6) is 0 Å². The Balaban J connectivity index is 2.20. The van der Waals surface area contributed by atoms with E-state index < -0.39 is 51.7 Å². The Hall–Kier alpha value is -3.09. The van der Waals surface area contributed by atoms with Gasteiger partial charge in [-0.3, -0.25) is 4.90 Å². The van der Waals surface area contributed by atoms with E-state index in [2.05, 4.69) is 0 Å². The van der Waals surface area contributed by atoms with E-state index in [9.17, 15) is 18.0 Å². The van der Waals surface area contributed by atoms with Crippen molar-refractivity contribution in [2.24, 2.45) is 0 Å². The van der Waals surface area contributed by atoms with E-state index in [0.29, 0.717) is 9.99 Å². The Morgan fingerprint density at radius 2 is 1.33 bits per heavy atom. The van der Waals surface area contributed by atoms with Crippen LogP contribution in [0.4, 0.5) is 15.3 Å². The molecule has 0 spiro atoms. The van der Waals surface area contributed by atoms with Gasteiger partial charge >= 0.3 is 19.3 Å². The van der Waals surface area contributed by atoms with Crippen LogP contribution < -0.4 is 10.4 Å². The molecule has 3 rings (SSSR count). The second-order valence-corrected chi connectivity index (χ2v) is 15.3. The van der Waals surface area contributed by atoms with Gasteiger partial charge in [0.1, 0.15) is 11.2 Å². The van der Waals surface area contributed by atoms with E-state index in [0.717, 1.165) is 12.6 Å². The Morgan fingerprint density at radius 3 is 1.83 bits per heavy atom. The summed E-state index contributed by atoms with van der Waals surface area (Å²) in [4.78, 5) is 27.6. The van der Waals surface area contributed by atoms with Crippen molar-refractivity contribution in [2.45, 2.75) is 103 Å². The van der Waals surface area contributed by atoms with E-state index in [1.54, 1.807) is 41.5 Å². The molecule has 0 radical (unpaired) electrons. The molecule has 2 amide bonds. The molecule has 0 unspecified atom stereocenters. The Kier molecular flexibility index (Phi) is 9.18. The smallest absolute Gasteiger partial charge is 0.443 e. The molecule has 0 aromatic heterocycles. The number of ether oxygens (including phenoxy) is 2. The van der Waals surface area contributed by atoms with Crippen LogP contribution in [0.15, 0.2) is 53.4 Å². The number of anilines is 1. The monoisotopic (exact) mass is 602 g/mol. The number of sulfonamides is 1. The second kappa shape index (κ2) is 11.5. The summed E-state index contributed by atoms with van der Waals surface area (Å²) in [5.41, 5.74) is -1.76. The standard InChI is InChI=1S/C30H43BN2O8S/c1-27(2,3)38-25(34)32(11)42(36,37)22-17-18-24(23(19-22)31-40-29(7,8)30(9,10)41-31)33(26(35)39-28(4,5)6)20-21-15-13-12-14-16-21/h12-19H,20H2,1-11H3. The van der Waals surface area contributed by atoms with Crippen molar-refractivity contribution < 1.29 is 36.8 Å². The maximum Gasteiger partial charge on any atom is 0.497 e. The number of benzene rings is 2. The highest BCUT2D eigenvalue weighted by Crippen LogP contribution is 2.38. The lowest BCUT2D eigenvalue weighted by atomic mass is 9.77. The van der Waals surface area contributed by atoms with Crippen LogP contribution in [0, 0.1) is 0 Å². The van der Waals surface area contributed by atoms with Crippen LogP contribution in [-0.2, 0) is 35.4 Å². The SMILES string of the molecule is CN(C(=O)OC(C)(C)C)S(=O)(=O)c1ccc(N(Cc2ccccc2)C(=O)OC(C)(C)C)c(B2OC(C)(C)C(C)(C)O2)c1. The quantitative estimate of drug-likeness (QED) is 0.400. The summed E-state index contributed by atoms with van der Waals surface area (Å²) >= 11 is 0. The van der Waals surface area contributed by atoms with Crippen molar-refractivity contribution in [1.82, 2.24) is 4.31 Å². The Labute approximate surface area is 250 Å². The molecule has 1 fully saturated rings. The number of nitrogens with zero attached hydrogens (tertiary/aromatic N) is 2. The summed E-state index contributed by atoms with van der Waals surface area (Å²) in [6.45, 7) is 17.9. The Bertz CT molecular complexity index is 1400. The molecule has 0 N–H and O–H groups in total. The van der Waals surface area contributed by atoms with Crippen molar-refractivity contribution in [2.75, 3.05) is 11.9 Å². The number of hydrogen-bond acceptors (Lipinski definition) is 8. The van der Waals surface area contributed by atoms with Crippen molar-refractivity contribution in [1.29, 1.82) is 0 Å². The van der Waals surface area contributed by atoms with Crippen molar-refractivity contribution in [3.05, 3.63) is 54.1 Å². The molecule has 230 valence electrons. The molecule has 1 heterocycles. The molecule has 2 aromatic rings. The van der Waals surface area contributed by atoms with Gasteiger partial charge in [0.25, 0.3) is 10.0 Å². The number of hydrogen-bond donors (Lipinski definition) is 0. The third-order valence-electron chi connectivity index (χ3n) is 6.90. The first kappa shape index (κ1) is 33.4. The summed E-state index contributed by atoms with van der Waals surface area (Å²) in [6.07, 6.45) is -1.66. The van der Waals surface area contributed by atoms with Gasteiger partial charge in [0, 0.05) is 18.2 Å². The highest BCUT2D eigenvalue weighted by atomic mass is 32.2. The molecule has 0 aliphatic carbocycles. The van der Waals surface area contributed by atoms with Crippen LogP contribution in [0.3, 0.4) is 0 Å². The molecule has 12 heteroatoms. The van der Waals surface area contributed by atoms with E-state index in [1.807, 2.05) is 58.0 Å². The maximum absolute atomic E-state index is 13.6. The lowest BCUT2D eigenvalue weighted by Crippen LogP contribution is -2.44. The van der Waals surface area contributed by atoms with Gasteiger partial charge in [0.15, 0.2) is 0 Å². The summed E-state index contributed by atoms with van der Waals surface area (Å²) in [5, 5.41) is 0. The van der Waals surface area contributed by atoms with E-state index >= 15 is 0 Å².